The van der Waals surface area contributed by atoms with E-state index >= 15 is 0 Å². The molecule has 0 saturated carbocycles. The zero-order valence-electron chi connectivity index (χ0n) is 29.0. The van der Waals surface area contributed by atoms with Crippen molar-refractivity contribution in [3.8, 4) is 0 Å². The number of unbranched alkanes of at least 4 members (excludes halogenated alkanes) is 24. The van der Waals surface area contributed by atoms with Gasteiger partial charge in [0.15, 0.2) is 0 Å². The van der Waals surface area contributed by atoms with Gasteiger partial charge in [0, 0.05) is 25.9 Å². The van der Waals surface area contributed by atoms with E-state index in [1.54, 1.807) is 0 Å². The van der Waals surface area contributed by atoms with Crippen LogP contribution >= 0.6 is 0 Å². The highest BCUT2D eigenvalue weighted by Crippen LogP contribution is 2.14. The van der Waals surface area contributed by atoms with Crippen molar-refractivity contribution in [1.29, 1.82) is 0 Å². The molecular weight excluding hydrogens is 516 g/mol. The van der Waals surface area contributed by atoms with Crippen molar-refractivity contribution in [2.24, 2.45) is 5.92 Å². The smallest absolute Gasteiger partial charge is 0.219 e. The van der Waals surface area contributed by atoms with Crippen molar-refractivity contribution < 1.29 is 9.59 Å². The molecule has 0 bridgehead atoms. The molecule has 4 heteroatoms. The molecule has 0 aliphatic carbocycles. The number of hydrogen-bond acceptors (Lipinski definition) is 2. The molecule has 42 heavy (non-hydrogen) atoms. The molecule has 0 aromatic carbocycles. The molecule has 0 aromatic heterocycles. The first-order valence-corrected chi connectivity index (χ1v) is 19.1. The van der Waals surface area contributed by atoms with Crippen LogP contribution in [0, 0.1) is 5.92 Å². The topological polar surface area (TPSA) is 58.2 Å². The van der Waals surface area contributed by atoms with E-state index in [-0.39, 0.29) is 11.8 Å². The van der Waals surface area contributed by atoms with E-state index in [9.17, 15) is 9.59 Å². The number of carbonyl (C=O) groups is 2. The largest absolute Gasteiger partial charge is 0.356 e. The molecule has 0 aromatic rings. The minimum atomic E-state index is 0.205. The summed E-state index contributed by atoms with van der Waals surface area (Å²) in [6.07, 6.45) is 38.0. The van der Waals surface area contributed by atoms with E-state index in [4.69, 9.17) is 0 Å². The van der Waals surface area contributed by atoms with Crippen LogP contribution in [0.2, 0.25) is 0 Å². The lowest BCUT2D eigenvalue weighted by Gasteiger charge is -2.13. The first-order valence-electron chi connectivity index (χ1n) is 19.1. The van der Waals surface area contributed by atoms with Crippen LogP contribution < -0.4 is 10.6 Å². The van der Waals surface area contributed by atoms with Gasteiger partial charge in [-0.3, -0.25) is 9.59 Å². The summed E-state index contributed by atoms with van der Waals surface area (Å²) in [4.78, 5) is 24.3. The molecule has 0 heterocycles. The molecule has 250 valence electrons. The third kappa shape index (κ3) is 33.4. The zero-order chi connectivity index (χ0) is 30.8. The molecule has 0 aliphatic rings. The highest BCUT2D eigenvalue weighted by Gasteiger charge is 2.07. The molecule has 0 unspecified atom stereocenters. The Morgan fingerprint density at radius 1 is 0.405 bits per heavy atom. The maximum atomic E-state index is 12.1. The maximum Gasteiger partial charge on any atom is 0.219 e. The summed E-state index contributed by atoms with van der Waals surface area (Å²) in [5.41, 5.74) is 0. The maximum absolute atomic E-state index is 12.1. The van der Waals surface area contributed by atoms with Gasteiger partial charge in [0.2, 0.25) is 11.8 Å². The Balaban J connectivity index is 3.37. The summed E-state index contributed by atoms with van der Waals surface area (Å²) in [5, 5.41) is 6.20. The molecular formula is C38H76N2O2. The van der Waals surface area contributed by atoms with Gasteiger partial charge in [-0.05, 0) is 31.6 Å². The molecule has 2 amide bonds. The van der Waals surface area contributed by atoms with E-state index in [1.165, 1.54) is 154 Å². The second-order valence-electron chi connectivity index (χ2n) is 13.4. The fourth-order valence-corrected chi connectivity index (χ4v) is 5.84. The molecule has 0 rings (SSSR count). The molecule has 0 atom stereocenters. The molecule has 0 fully saturated rings. The van der Waals surface area contributed by atoms with Gasteiger partial charge in [0.1, 0.15) is 0 Å². The van der Waals surface area contributed by atoms with Gasteiger partial charge >= 0.3 is 0 Å². The van der Waals surface area contributed by atoms with Crippen LogP contribution in [0.3, 0.4) is 0 Å². The van der Waals surface area contributed by atoms with Crippen molar-refractivity contribution in [3.63, 3.8) is 0 Å². The number of hydrogen-bond donors (Lipinski definition) is 2. The summed E-state index contributed by atoms with van der Waals surface area (Å²) in [5.74, 6) is 0.922. The second-order valence-corrected chi connectivity index (χ2v) is 13.4. The third-order valence-electron chi connectivity index (χ3n) is 8.93. The zero-order valence-corrected chi connectivity index (χ0v) is 29.0. The monoisotopic (exact) mass is 593 g/mol. The van der Waals surface area contributed by atoms with Crippen molar-refractivity contribution >= 4 is 11.8 Å². The van der Waals surface area contributed by atoms with E-state index in [0.29, 0.717) is 18.8 Å². The lowest BCUT2D eigenvalue weighted by Crippen LogP contribution is -2.27. The fraction of sp³-hybridized carbons (Fsp3) is 0.947. The summed E-state index contributed by atoms with van der Waals surface area (Å²) in [6.45, 7) is 8.29. The van der Waals surface area contributed by atoms with Crippen molar-refractivity contribution in [2.45, 2.75) is 213 Å². The predicted octanol–water partition coefficient (Wildman–Crippen LogP) is 11.6. The van der Waals surface area contributed by atoms with Crippen molar-refractivity contribution in [3.05, 3.63) is 0 Å². The Morgan fingerprint density at radius 3 is 0.905 bits per heavy atom. The Bertz CT molecular complexity index is 517. The minimum absolute atomic E-state index is 0.205. The van der Waals surface area contributed by atoms with E-state index in [2.05, 4.69) is 31.4 Å². The summed E-state index contributed by atoms with van der Waals surface area (Å²) < 4.78 is 0. The van der Waals surface area contributed by atoms with Crippen LogP contribution in [0.4, 0.5) is 0 Å². The third-order valence-corrected chi connectivity index (χ3v) is 8.93. The van der Waals surface area contributed by atoms with Gasteiger partial charge in [-0.2, -0.15) is 0 Å². The summed E-state index contributed by atoms with van der Waals surface area (Å²) in [7, 11) is 0. The highest BCUT2D eigenvalue weighted by atomic mass is 16.2. The molecule has 0 saturated heterocycles. The molecule has 0 radical (unpaired) electrons. The number of rotatable bonds is 34. The fourth-order valence-electron chi connectivity index (χ4n) is 5.84. The van der Waals surface area contributed by atoms with Crippen molar-refractivity contribution in [2.75, 3.05) is 13.1 Å². The van der Waals surface area contributed by atoms with Gasteiger partial charge in [0.25, 0.3) is 0 Å². The van der Waals surface area contributed by atoms with Crippen LogP contribution in [0.25, 0.3) is 0 Å². The van der Waals surface area contributed by atoms with Crippen LogP contribution in [0.15, 0.2) is 0 Å². The van der Waals surface area contributed by atoms with Crippen molar-refractivity contribution in [1.82, 2.24) is 10.6 Å². The summed E-state index contributed by atoms with van der Waals surface area (Å²) >= 11 is 0. The second kappa shape index (κ2) is 34.4. The number of carbonyl (C=O) groups excluding carboxylic acids is 2. The molecule has 0 aliphatic heterocycles. The van der Waals surface area contributed by atoms with Gasteiger partial charge in [-0.1, -0.05) is 175 Å². The Morgan fingerprint density at radius 2 is 0.643 bits per heavy atom. The lowest BCUT2D eigenvalue weighted by molar-refractivity contribution is -0.121. The van der Waals surface area contributed by atoms with E-state index < -0.39 is 0 Å². The van der Waals surface area contributed by atoms with Crippen LogP contribution in [-0.4, -0.2) is 24.9 Å². The Kier molecular flexibility index (Phi) is 33.6. The standard InChI is InChI=1S/C38H76N2O2/c1-4-6-8-10-12-14-16-18-20-22-24-26-28-30-37(41)39-34-32-36(3)33-35-40-38(42)31-29-27-25-23-21-19-17-15-13-11-9-7-5-2/h36H,4-35H2,1-3H3,(H,39,41)(H,40,42). The van der Waals surface area contributed by atoms with Gasteiger partial charge < -0.3 is 10.6 Å². The van der Waals surface area contributed by atoms with Crippen LogP contribution in [0.5, 0.6) is 0 Å². The SMILES string of the molecule is CCCCCCCCCCCCCCCC(=O)NCCC(C)CCNC(=O)CCCCCCCCCCCCCCC. The quantitative estimate of drug-likeness (QED) is 0.0730. The van der Waals surface area contributed by atoms with Gasteiger partial charge in [-0.15, -0.1) is 0 Å². The number of amides is 2. The summed E-state index contributed by atoms with van der Waals surface area (Å²) in [6, 6.07) is 0. The van der Waals surface area contributed by atoms with Gasteiger partial charge in [0.05, 0.1) is 0 Å². The average molecular weight is 593 g/mol. The number of nitrogens with one attached hydrogen (secondary N) is 2. The lowest BCUT2D eigenvalue weighted by atomic mass is 10.0. The van der Waals surface area contributed by atoms with Crippen LogP contribution in [-0.2, 0) is 9.59 Å². The minimum Gasteiger partial charge on any atom is -0.356 e. The Hall–Kier alpha value is -1.06. The van der Waals surface area contributed by atoms with E-state index in [1.807, 2.05) is 0 Å². The molecule has 0 spiro atoms. The highest BCUT2D eigenvalue weighted by molar-refractivity contribution is 5.76. The Labute approximate surface area is 264 Å². The molecule has 2 N–H and O–H groups in total. The van der Waals surface area contributed by atoms with E-state index in [0.717, 1.165) is 38.8 Å². The average Bonchev–Trinajstić information content (AvgIpc) is 2.98. The first-order chi connectivity index (χ1) is 20.6. The predicted molar refractivity (Wildman–Crippen MR) is 185 cm³/mol. The first kappa shape index (κ1) is 40.9. The van der Waals surface area contributed by atoms with Crippen LogP contribution in [0.1, 0.15) is 213 Å². The van der Waals surface area contributed by atoms with Gasteiger partial charge in [-0.25, -0.2) is 0 Å². The molecule has 4 nitrogen and oxygen atoms in total. The normalized spacial score (nSPS) is 11.3.